The van der Waals surface area contributed by atoms with E-state index < -0.39 is 0 Å². The highest BCUT2D eigenvalue weighted by atomic mass is 35.5. The minimum absolute atomic E-state index is 0.190. The molecule has 128 valence electrons. The summed E-state index contributed by atoms with van der Waals surface area (Å²) in [5, 5.41) is 5.98. The lowest BCUT2D eigenvalue weighted by molar-refractivity contribution is 0.102. The standard InChI is InChI=1S/C20H19ClN2OS/c1-3-13(2)14-4-6-15(7-5-14)18-12-25-20(22-18)23-19(24)16-8-10-17(21)11-9-16/h4-13H,3H2,1-2H3,(H,22,23,24)/t13-/m1/s1. The minimum atomic E-state index is -0.190. The maximum atomic E-state index is 12.2. The van der Waals surface area contributed by atoms with Gasteiger partial charge in [-0.05, 0) is 42.2 Å². The number of hydrogen-bond acceptors (Lipinski definition) is 3. The number of amides is 1. The molecule has 1 aromatic heterocycles. The molecule has 0 aliphatic heterocycles. The lowest BCUT2D eigenvalue weighted by Gasteiger charge is -2.08. The molecule has 3 aromatic rings. The first-order valence-corrected chi connectivity index (χ1v) is 9.45. The van der Waals surface area contributed by atoms with E-state index in [0.717, 1.165) is 17.7 Å². The fourth-order valence-electron chi connectivity index (χ4n) is 2.45. The summed E-state index contributed by atoms with van der Waals surface area (Å²) >= 11 is 7.26. The normalized spacial score (nSPS) is 12.0. The molecule has 0 unspecified atom stereocenters. The Morgan fingerprint density at radius 2 is 1.84 bits per heavy atom. The lowest BCUT2D eigenvalue weighted by atomic mass is 9.97. The average molecular weight is 371 g/mol. The van der Waals surface area contributed by atoms with Crippen LogP contribution >= 0.6 is 22.9 Å². The van der Waals surface area contributed by atoms with Crippen LogP contribution in [0.4, 0.5) is 5.13 Å². The van der Waals surface area contributed by atoms with Crippen molar-refractivity contribution in [3.05, 3.63) is 70.1 Å². The quantitative estimate of drug-likeness (QED) is 0.578. The van der Waals surface area contributed by atoms with E-state index in [-0.39, 0.29) is 5.91 Å². The van der Waals surface area contributed by atoms with Crippen LogP contribution in [0.2, 0.25) is 5.02 Å². The molecule has 0 aliphatic carbocycles. The second kappa shape index (κ2) is 7.81. The van der Waals surface area contributed by atoms with Crippen LogP contribution in [0.25, 0.3) is 11.3 Å². The van der Waals surface area contributed by atoms with Crippen molar-refractivity contribution in [2.24, 2.45) is 0 Å². The van der Waals surface area contributed by atoms with Crippen LogP contribution in [0.15, 0.2) is 53.9 Å². The summed E-state index contributed by atoms with van der Waals surface area (Å²) in [5.74, 6) is 0.364. The van der Waals surface area contributed by atoms with E-state index in [4.69, 9.17) is 11.6 Å². The van der Waals surface area contributed by atoms with Gasteiger partial charge >= 0.3 is 0 Å². The van der Waals surface area contributed by atoms with Gasteiger partial charge in [0.1, 0.15) is 0 Å². The smallest absolute Gasteiger partial charge is 0.257 e. The molecule has 5 heteroatoms. The number of thiazole rings is 1. The summed E-state index contributed by atoms with van der Waals surface area (Å²) < 4.78 is 0. The van der Waals surface area contributed by atoms with E-state index in [9.17, 15) is 4.79 Å². The molecule has 3 nitrogen and oxygen atoms in total. The van der Waals surface area contributed by atoms with Crippen molar-refractivity contribution in [2.75, 3.05) is 5.32 Å². The van der Waals surface area contributed by atoms with E-state index in [1.807, 2.05) is 5.38 Å². The molecular formula is C20H19ClN2OS. The summed E-state index contributed by atoms with van der Waals surface area (Å²) in [4.78, 5) is 16.8. The van der Waals surface area contributed by atoms with Gasteiger partial charge < -0.3 is 0 Å². The Morgan fingerprint density at radius 3 is 2.48 bits per heavy atom. The number of nitrogens with zero attached hydrogens (tertiary/aromatic N) is 1. The summed E-state index contributed by atoms with van der Waals surface area (Å²) in [6, 6.07) is 15.2. The zero-order valence-electron chi connectivity index (χ0n) is 14.1. The third-order valence-electron chi connectivity index (χ3n) is 4.22. The first-order chi connectivity index (χ1) is 12.1. The topological polar surface area (TPSA) is 42.0 Å². The minimum Gasteiger partial charge on any atom is -0.298 e. The van der Waals surface area contributed by atoms with E-state index in [0.29, 0.717) is 21.6 Å². The number of nitrogens with one attached hydrogen (secondary N) is 1. The van der Waals surface area contributed by atoms with Gasteiger partial charge in [-0.15, -0.1) is 11.3 Å². The molecule has 1 amide bonds. The molecule has 0 radical (unpaired) electrons. The molecule has 1 N–H and O–H groups in total. The van der Waals surface area contributed by atoms with Gasteiger partial charge in [-0.3, -0.25) is 10.1 Å². The van der Waals surface area contributed by atoms with Crippen LogP contribution in [0.5, 0.6) is 0 Å². The number of benzene rings is 2. The summed E-state index contributed by atoms with van der Waals surface area (Å²) in [7, 11) is 0. The van der Waals surface area contributed by atoms with Crippen LogP contribution in [0.1, 0.15) is 42.1 Å². The monoisotopic (exact) mass is 370 g/mol. The number of aromatic nitrogens is 1. The van der Waals surface area contributed by atoms with Gasteiger partial charge in [-0.25, -0.2) is 4.98 Å². The number of carbonyl (C=O) groups excluding carboxylic acids is 1. The third kappa shape index (κ3) is 4.27. The van der Waals surface area contributed by atoms with Gasteiger partial charge in [-0.1, -0.05) is 49.7 Å². The Balaban J connectivity index is 1.71. The third-order valence-corrected chi connectivity index (χ3v) is 5.23. The molecule has 3 rings (SSSR count). The first kappa shape index (κ1) is 17.6. The van der Waals surface area contributed by atoms with Crippen molar-refractivity contribution in [3.63, 3.8) is 0 Å². The number of halogens is 1. The second-order valence-corrected chi connectivity index (χ2v) is 7.22. The van der Waals surface area contributed by atoms with Crippen LogP contribution in [0, 0.1) is 0 Å². The van der Waals surface area contributed by atoms with Crippen molar-refractivity contribution in [2.45, 2.75) is 26.2 Å². The van der Waals surface area contributed by atoms with Crippen molar-refractivity contribution >= 4 is 34.0 Å². The van der Waals surface area contributed by atoms with Crippen molar-refractivity contribution in [1.82, 2.24) is 4.98 Å². The van der Waals surface area contributed by atoms with Crippen molar-refractivity contribution in [3.8, 4) is 11.3 Å². The average Bonchev–Trinajstić information content (AvgIpc) is 3.10. The number of rotatable bonds is 5. The molecule has 0 spiro atoms. The number of hydrogen-bond donors (Lipinski definition) is 1. The van der Waals surface area contributed by atoms with Gasteiger partial charge in [-0.2, -0.15) is 0 Å². The maximum Gasteiger partial charge on any atom is 0.257 e. The Morgan fingerprint density at radius 1 is 1.16 bits per heavy atom. The lowest BCUT2D eigenvalue weighted by Crippen LogP contribution is -2.11. The van der Waals surface area contributed by atoms with E-state index in [1.54, 1.807) is 24.3 Å². The predicted molar refractivity (Wildman–Crippen MR) is 106 cm³/mol. The summed E-state index contributed by atoms with van der Waals surface area (Å²) in [6.45, 7) is 4.41. The molecule has 0 aliphatic rings. The van der Waals surface area contributed by atoms with Crippen LogP contribution in [-0.4, -0.2) is 10.9 Å². The number of anilines is 1. The largest absolute Gasteiger partial charge is 0.298 e. The molecule has 1 heterocycles. The Hall–Kier alpha value is -2.17. The fraction of sp³-hybridized carbons (Fsp3) is 0.200. The fourth-order valence-corrected chi connectivity index (χ4v) is 3.29. The highest BCUT2D eigenvalue weighted by Gasteiger charge is 2.10. The van der Waals surface area contributed by atoms with E-state index >= 15 is 0 Å². The highest BCUT2D eigenvalue weighted by Crippen LogP contribution is 2.27. The first-order valence-electron chi connectivity index (χ1n) is 8.19. The van der Waals surface area contributed by atoms with Gasteiger partial charge in [0.2, 0.25) is 0 Å². The Bertz CT molecular complexity index is 856. The molecule has 2 aromatic carbocycles. The second-order valence-electron chi connectivity index (χ2n) is 5.93. The molecule has 25 heavy (non-hydrogen) atoms. The van der Waals surface area contributed by atoms with Crippen molar-refractivity contribution < 1.29 is 4.79 Å². The maximum absolute atomic E-state index is 12.2. The molecule has 0 saturated heterocycles. The zero-order valence-corrected chi connectivity index (χ0v) is 15.7. The van der Waals surface area contributed by atoms with Gasteiger partial charge in [0.05, 0.1) is 5.69 Å². The number of carbonyl (C=O) groups is 1. The predicted octanol–water partition coefficient (Wildman–Crippen LogP) is 6.23. The van der Waals surface area contributed by atoms with Crippen LogP contribution in [-0.2, 0) is 0 Å². The van der Waals surface area contributed by atoms with Crippen LogP contribution < -0.4 is 5.32 Å². The van der Waals surface area contributed by atoms with Gasteiger partial charge in [0.15, 0.2) is 5.13 Å². The SMILES string of the molecule is CC[C@@H](C)c1ccc(-c2csc(NC(=O)c3ccc(Cl)cc3)n2)cc1. The molecule has 0 saturated carbocycles. The van der Waals surface area contributed by atoms with Gasteiger partial charge in [0.25, 0.3) is 5.91 Å². The Labute approximate surface area is 156 Å². The van der Waals surface area contributed by atoms with E-state index in [1.165, 1.54) is 16.9 Å². The Kier molecular flexibility index (Phi) is 5.51. The zero-order chi connectivity index (χ0) is 17.8. The molecular weight excluding hydrogens is 352 g/mol. The van der Waals surface area contributed by atoms with Crippen LogP contribution in [0.3, 0.4) is 0 Å². The molecule has 0 fully saturated rings. The molecule has 1 atom stereocenters. The highest BCUT2D eigenvalue weighted by molar-refractivity contribution is 7.14. The molecule has 0 bridgehead atoms. The summed E-state index contributed by atoms with van der Waals surface area (Å²) in [5.41, 5.74) is 3.80. The van der Waals surface area contributed by atoms with Gasteiger partial charge in [0, 0.05) is 21.5 Å². The van der Waals surface area contributed by atoms with E-state index in [2.05, 4.69) is 48.4 Å². The van der Waals surface area contributed by atoms with Crippen molar-refractivity contribution in [1.29, 1.82) is 0 Å². The summed E-state index contributed by atoms with van der Waals surface area (Å²) in [6.07, 6.45) is 1.12.